The van der Waals surface area contributed by atoms with Gasteiger partial charge in [0.25, 0.3) is 5.69 Å². The van der Waals surface area contributed by atoms with Gasteiger partial charge in [0, 0.05) is 12.1 Å². The van der Waals surface area contributed by atoms with Crippen LogP contribution in [-0.2, 0) is 0 Å². The Labute approximate surface area is 81.9 Å². The second-order valence-electron chi connectivity index (χ2n) is 2.32. The third-order valence-corrected chi connectivity index (χ3v) is 2.19. The van der Waals surface area contributed by atoms with Gasteiger partial charge >= 0.3 is 0 Å². The fraction of sp³-hybridized carbons (Fsp3) is 0.143. The zero-order chi connectivity index (χ0) is 9.30. The molecule has 0 aliphatic rings. The first-order chi connectivity index (χ1) is 5.52. The van der Waals surface area contributed by atoms with E-state index in [9.17, 15) is 14.5 Å². The SMILES string of the molecule is Cc1cc([N+](=O)[O-])cc(I)c1F. The summed E-state index contributed by atoms with van der Waals surface area (Å²) in [6, 6.07) is 2.43. The first-order valence-electron chi connectivity index (χ1n) is 3.12. The number of non-ortho nitro benzene ring substituents is 1. The van der Waals surface area contributed by atoms with Crippen molar-refractivity contribution in [2.75, 3.05) is 0 Å². The smallest absolute Gasteiger partial charge is 0.258 e. The standard InChI is InChI=1S/C7H5FINO2/c1-4-2-5(10(11)12)3-6(9)7(4)8/h2-3H,1H3. The van der Waals surface area contributed by atoms with Gasteiger partial charge in [-0.1, -0.05) is 0 Å². The van der Waals surface area contributed by atoms with E-state index in [0.29, 0.717) is 5.56 Å². The molecule has 0 heterocycles. The lowest BCUT2D eigenvalue weighted by molar-refractivity contribution is -0.385. The van der Waals surface area contributed by atoms with Gasteiger partial charge in [0.2, 0.25) is 0 Å². The topological polar surface area (TPSA) is 43.1 Å². The monoisotopic (exact) mass is 281 g/mol. The lowest BCUT2D eigenvalue weighted by Crippen LogP contribution is -1.93. The van der Waals surface area contributed by atoms with Gasteiger partial charge in [-0.05, 0) is 35.1 Å². The molecule has 1 aromatic rings. The first-order valence-corrected chi connectivity index (χ1v) is 4.20. The summed E-state index contributed by atoms with van der Waals surface area (Å²) >= 11 is 1.73. The molecule has 0 N–H and O–H groups in total. The highest BCUT2D eigenvalue weighted by molar-refractivity contribution is 14.1. The molecule has 1 rings (SSSR count). The van der Waals surface area contributed by atoms with Crippen molar-refractivity contribution in [2.24, 2.45) is 0 Å². The number of hydrogen-bond donors (Lipinski definition) is 0. The minimum Gasteiger partial charge on any atom is -0.258 e. The van der Waals surface area contributed by atoms with Crippen LogP contribution in [0.15, 0.2) is 12.1 Å². The number of hydrogen-bond acceptors (Lipinski definition) is 2. The van der Waals surface area contributed by atoms with Crippen molar-refractivity contribution in [1.82, 2.24) is 0 Å². The molecule has 0 radical (unpaired) electrons. The molecule has 0 aromatic heterocycles. The molecule has 0 bridgehead atoms. The van der Waals surface area contributed by atoms with Gasteiger partial charge < -0.3 is 0 Å². The van der Waals surface area contributed by atoms with Crippen molar-refractivity contribution in [1.29, 1.82) is 0 Å². The lowest BCUT2D eigenvalue weighted by Gasteiger charge is -1.98. The van der Waals surface area contributed by atoms with E-state index in [1.807, 2.05) is 0 Å². The van der Waals surface area contributed by atoms with Crippen LogP contribution < -0.4 is 0 Å². The molecule has 0 aliphatic heterocycles. The van der Waals surface area contributed by atoms with Crippen LogP contribution in [0.25, 0.3) is 0 Å². The average molecular weight is 281 g/mol. The maximum absolute atomic E-state index is 12.9. The van der Waals surface area contributed by atoms with Crippen molar-refractivity contribution in [3.8, 4) is 0 Å². The van der Waals surface area contributed by atoms with Crippen molar-refractivity contribution in [3.63, 3.8) is 0 Å². The summed E-state index contributed by atoms with van der Waals surface area (Å²) in [5.74, 6) is -0.388. The van der Waals surface area contributed by atoms with Crippen LogP contribution in [0, 0.1) is 26.4 Å². The second-order valence-corrected chi connectivity index (χ2v) is 3.48. The molecule has 0 aliphatic carbocycles. The summed E-state index contributed by atoms with van der Waals surface area (Å²) < 4.78 is 13.2. The zero-order valence-electron chi connectivity index (χ0n) is 6.17. The van der Waals surface area contributed by atoms with E-state index in [1.54, 1.807) is 22.6 Å². The van der Waals surface area contributed by atoms with E-state index in [1.165, 1.54) is 19.1 Å². The molecule has 0 atom stereocenters. The molecule has 12 heavy (non-hydrogen) atoms. The maximum Gasteiger partial charge on any atom is 0.270 e. The van der Waals surface area contributed by atoms with E-state index in [0.717, 1.165) is 0 Å². The number of nitro groups is 1. The third-order valence-electron chi connectivity index (χ3n) is 1.41. The molecule has 0 amide bonds. The Morgan fingerprint density at radius 1 is 1.58 bits per heavy atom. The molecule has 0 saturated carbocycles. The Hall–Kier alpha value is -0.720. The largest absolute Gasteiger partial charge is 0.270 e. The van der Waals surface area contributed by atoms with Crippen LogP contribution >= 0.6 is 22.6 Å². The van der Waals surface area contributed by atoms with Gasteiger partial charge in [0.05, 0.1) is 8.49 Å². The van der Waals surface area contributed by atoms with E-state index in [4.69, 9.17) is 0 Å². The van der Waals surface area contributed by atoms with Gasteiger partial charge in [-0.25, -0.2) is 4.39 Å². The molecule has 3 nitrogen and oxygen atoms in total. The Kier molecular flexibility index (Phi) is 2.61. The maximum atomic E-state index is 12.9. The second kappa shape index (κ2) is 3.34. The van der Waals surface area contributed by atoms with Gasteiger partial charge in [0.1, 0.15) is 5.82 Å². The molecule has 0 fully saturated rings. The number of nitrogens with zero attached hydrogens (tertiary/aromatic N) is 1. The fourth-order valence-electron chi connectivity index (χ4n) is 0.814. The van der Waals surface area contributed by atoms with Crippen molar-refractivity contribution >= 4 is 28.3 Å². The summed E-state index contributed by atoms with van der Waals surface area (Å²) in [6.07, 6.45) is 0. The highest BCUT2D eigenvalue weighted by Gasteiger charge is 2.11. The minimum atomic E-state index is -0.533. The highest BCUT2D eigenvalue weighted by atomic mass is 127. The minimum absolute atomic E-state index is 0.0710. The fourth-order valence-corrected chi connectivity index (χ4v) is 1.56. The molecule has 5 heteroatoms. The molecular formula is C7H5FINO2. The lowest BCUT2D eigenvalue weighted by atomic mass is 10.2. The third kappa shape index (κ3) is 1.71. The predicted molar refractivity (Wildman–Crippen MR) is 50.5 cm³/mol. The first kappa shape index (κ1) is 9.37. The van der Waals surface area contributed by atoms with Crippen LogP contribution in [0.1, 0.15) is 5.56 Å². The summed E-state index contributed by atoms with van der Waals surface area (Å²) in [5.41, 5.74) is 0.229. The van der Waals surface area contributed by atoms with Gasteiger partial charge in [-0.3, -0.25) is 10.1 Å². The quantitative estimate of drug-likeness (QED) is 0.451. The van der Waals surface area contributed by atoms with Crippen LogP contribution in [0.5, 0.6) is 0 Å². The molecule has 64 valence electrons. The van der Waals surface area contributed by atoms with Crippen LogP contribution in [0.2, 0.25) is 0 Å². The normalized spacial score (nSPS) is 9.92. The molecule has 0 saturated heterocycles. The van der Waals surface area contributed by atoms with Crippen LogP contribution in [0.3, 0.4) is 0 Å². The molecule has 1 aromatic carbocycles. The Morgan fingerprint density at radius 3 is 2.58 bits per heavy atom. The molecule has 0 unspecified atom stereocenters. The van der Waals surface area contributed by atoms with Crippen molar-refractivity contribution in [3.05, 3.63) is 37.2 Å². The average Bonchev–Trinajstić information content (AvgIpc) is 1.99. The highest BCUT2D eigenvalue weighted by Crippen LogP contribution is 2.21. The number of benzene rings is 1. The Bertz CT molecular complexity index is 317. The van der Waals surface area contributed by atoms with E-state index < -0.39 is 4.92 Å². The number of nitro benzene ring substituents is 1. The van der Waals surface area contributed by atoms with Gasteiger partial charge in [-0.2, -0.15) is 0 Å². The summed E-state index contributed by atoms with van der Waals surface area (Å²) in [6.45, 7) is 1.50. The van der Waals surface area contributed by atoms with Crippen LogP contribution in [-0.4, -0.2) is 4.92 Å². The van der Waals surface area contributed by atoms with E-state index in [2.05, 4.69) is 0 Å². The number of halogens is 2. The zero-order valence-corrected chi connectivity index (χ0v) is 8.33. The van der Waals surface area contributed by atoms with Crippen LogP contribution in [0.4, 0.5) is 10.1 Å². The van der Waals surface area contributed by atoms with E-state index >= 15 is 0 Å². The van der Waals surface area contributed by atoms with Crippen molar-refractivity contribution < 1.29 is 9.31 Å². The van der Waals surface area contributed by atoms with E-state index in [-0.39, 0.29) is 15.1 Å². The number of rotatable bonds is 1. The summed E-state index contributed by atoms with van der Waals surface area (Å²) in [5, 5.41) is 10.3. The molecular weight excluding hydrogens is 276 g/mol. The Morgan fingerprint density at radius 2 is 2.17 bits per heavy atom. The van der Waals surface area contributed by atoms with Gasteiger partial charge in [-0.15, -0.1) is 0 Å². The summed E-state index contributed by atoms with van der Waals surface area (Å²) in [4.78, 5) is 9.76. The predicted octanol–water partition coefficient (Wildman–Crippen LogP) is 2.65. The molecule has 0 spiro atoms. The number of aryl methyl sites for hydroxylation is 1. The summed E-state index contributed by atoms with van der Waals surface area (Å²) in [7, 11) is 0. The van der Waals surface area contributed by atoms with Gasteiger partial charge in [0.15, 0.2) is 0 Å². The van der Waals surface area contributed by atoms with Crippen molar-refractivity contribution in [2.45, 2.75) is 6.92 Å². The Balaban J connectivity index is 3.31.